The van der Waals surface area contributed by atoms with E-state index >= 15 is 0 Å². The average Bonchev–Trinajstić information content (AvgIpc) is 3.04. The van der Waals surface area contributed by atoms with Crippen LogP contribution in [0, 0.1) is 11.3 Å². The van der Waals surface area contributed by atoms with Gasteiger partial charge in [0.1, 0.15) is 0 Å². The van der Waals surface area contributed by atoms with Crippen LogP contribution < -0.4 is 5.73 Å². The molecule has 1 unspecified atom stereocenters. The molecule has 0 aromatic heterocycles. The molecule has 7 nitrogen and oxygen atoms in total. The standard InChI is InChI=1S/C24H20N4O3S/c1-28-22(29)24(27-23(28)26,19-9-3-2-4-10-19)20-11-5-8-18(13-20)16-32(30,31)21-12-6-7-17(14-21)15-25/h2-14H,16H2,1H3,(H2,26,27). The number of hydrogen-bond donors (Lipinski definition) is 1. The number of carbonyl (C=O) groups is 1. The second-order valence-corrected chi connectivity index (χ2v) is 9.50. The third kappa shape index (κ3) is 3.53. The average molecular weight is 445 g/mol. The summed E-state index contributed by atoms with van der Waals surface area (Å²) in [6.45, 7) is 0. The van der Waals surface area contributed by atoms with E-state index < -0.39 is 15.4 Å². The van der Waals surface area contributed by atoms with Gasteiger partial charge in [-0.3, -0.25) is 9.69 Å². The molecule has 1 aliphatic rings. The van der Waals surface area contributed by atoms with Crippen LogP contribution in [0.2, 0.25) is 0 Å². The molecule has 1 amide bonds. The van der Waals surface area contributed by atoms with Crippen molar-refractivity contribution in [1.29, 1.82) is 5.26 Å². The summed E-state index contributed by atoms with van der Waals surface area (Å²) in [6.07, 6.45) is 0. The van der Waals surface area contributed by atoms with Gasteiger partial charge in [-0.05, 0) is 34.9 Å². The van der Waals surface area contributed by atoms with Gasteiger partial charge in [0.25, 0.3) is 5.91 Å². The van der Waals surface area contributed by atoms with E-state index in [4.69, 9.17) is 11.0 Å². The number of carbonyl (C=O) groups excluding carboxylic acids is 1. The van der Waals surface area contributed by atoms with E-state index in [0.717, 1.165) is 0 Å². The Morgan fingerprint density at radius 3 is 2.34 bits per heavy atom. The predicted octanol–water partition coefficient (Wildman–Crippen LogP) is 2.56. The van der Waals surface area contributed by atoms with Crippen LogP contribution in [0.25, 0.3) is 0 Å². The van der Waals surface area contributed by atoms with Crippen LogP contribution in [-0.4, -0.2) is 32.2 Å². The summed E-state index contributed by atoms with van der Waals surface area (Å²) in [4.78, 5) is 19.2. The summed E-state index contributed by atoms with van der Waals surface area (Å²) in [5.74, 6) is -0.516. The number of hydrogen-bond acceptors (Lipinski definition) is 6. The Labute approximate surface area is 186 Å². The van der Waals surface area contributed by atoms with E-state index in [1.165, 1.54) is 23.1 Å². The molecule has 0 saturated heterocycles. The number of benzene rings is 3. The largest absolute Gasteiger partial charge is 0.369 e. The van der Waals surface area contributed by atoms with Crippen LogP contribution in [0.5, 0.6) is 0 Å². The van der Waals surface area contributed by atoms with Crippen molar-refractivity contribution in [1.82, 2.24) is 4.90 Å². The number of rotatable bonds is 5. The zero-order valence-electron chi connectivity index (χ0n) is 17.3. The van der Waals surface area contributed by atoms with Gasteiger partial charge in [0.15, 0.2) is 21.3 Å². The monoisotopic (exact) mass is 444 g/mol. The first-order valence-electron chi connectivity index (χ1n) is 9.79. The van der Waals surface area contributed by atoms with Gasteiger partial charge in [0, 0.05) is 7.05 Å². The number of nitrogens with two attached hydrogens (primary N) is 1. The zero-order valence-corrected chi connectivity index (χ0v) is 18.1. The van der Waals surface area contributed by atoms with Crippen molar-refractivity contribution in [3.05, 3.63) is 101 Å². The second kappa shape index (κ2) is 7.94. The lowest BCUT2D eigenvalue weighted by Gasteiger charge is -2.26. The van der Waals surface area contributed by atoms with Crippen LogP contribution in [0.3, 0.4) is 0 Å². The van der Waals surface area contributed by atoms with Gasteiger partial charge in [0.2, 0.25) is 0 Å². The molecule has 8 heteroatoms. The highest BCUT2D eigenvalue weighted by Gasteiger charge is 2.49. The van der Waals surface area contributed by atoms with E-state index in [9.17, 15) is 13.2 Å². The summed E-state index contributed by atoms with van der Waals surface area (Å²) in [5.41, 5.74) is 6.54. The molecule has 160 valence electrons. The minimum Gasteiger partial charge on any atom is -0.369 e. The van der Waals surface area contributed by atoms with E-state index in [0.29, 0.717) is 16.7 Å². The van der Waals surface area contributed by atoms with Gasteiger partial charge in [-0.1, -0.05) is 60.7 Å². The normalized spacial score (nSPS) is 18.3. The van der Waals surface area contributed by atoms with E-state index in [1.807, 2.05) is 24.3 Å². The topological polar surface area (TPSA) is 117 Å². The van der Waals surface area contributed by atoms with Gasteiger partial charge in [0.05, 0.1) is 22.3 Å². The molecule has 0 bridgehead atoms. The van der Waals surface area contributed by atoms with Crippen molar-refractivity contribution >= 4 is 21.7 Å². The molecule has 0 saturated carbocycles. The number of nitriles is 1. The van der Waals surface area contributed by atoms with Crippen LogP contribution in [0.1, 0.15) is 22.3 Å². The Balaban J connectivity index is 1.79. The van der Waals surface area contributed by atoms with Gasteiger partial charge in [-0.25, -0.2) is 13.4 Å². The van der Waals surface area contributed by atoms with Crippen LogP contribution in [-0.2, 0) is 25.9 Å². The highest BCUT2D eigenvalue weighted by atomic mass is 32.2. The van der Waals surface area contributed by atoms with Gasteiger partial charge in [-0.15, -0.1) is 0 Å². The molecular weight excluding hydrogens is 424 g/mol. The van der Waals surface area contributed by atoms with Gasteiger partial charge in [-0.2, -0.15) is 5.26 Å². The quantitative estimate of drug-likeness (QED) is 0.649. The van der Waals surface area contributed by atoms with Crippen molar-refractivity contribution in [2.45, 2.75) is 16.2 Å². The summed E-state index contributed by atoms with van der Waals surface area (Å²) < 4.78 is 26.0. The van der Waals surface area contributed by atoms with Gasteiger partial charge < -0.3 is 5.73 Å². The van der Waals surface area contributed by atoms with Crippen molar-refractivity contribution in [3.63, 3.8) is 0 Å². The maximum atomic E-state index is 13.3. The molecule has 0 radical (unpaired) electrons. The van der Waals surface area contributed by atoms with Crippen LogP contribution in [0.15, 0.2) is 88.8 Å². The van der Waals surface area contributed by atoms with Crippen molar-refractivity contribution < 1.29 is 13.2 Å². The molecular formula is C24H20N4O3S. The maximum absolute atomic E-state index is 13.3. The second-order valence-electron chi connectivity index (χ2n) is 7.51. The smallest absolute Gasteiger partial charge is 0.266 e. The fourth-order valence-corrected chi connectivity index (χ4v) is 5.19. The SMILES string of the molecule is CN1C(=O)C(c2ccccc2)(c2cccc(CS(=O)(=O)c3cccc(C#N)c3)c2)N=C1N. The molecule has 3 aromatic rings. The third-order valence-corrected chi connectivity index (χ3v) is 7.14. The molecule has 4 rings (SSSR count). The molecule has 0 aliphatic carbocycles. The molecule has 3 aromatic carbocycles. The van der Waals surface area contributed by atoms with Crippen molar-refractivity contribution in [2.24, 2.45) is 10.7 Å². The Morgan fingerprint density at radius 1 is 1.00 bits per heavy atom. The number of aliphatic imine (C=N–C) groups is 1. The highest BCUT2D eigenvalue weighted by Crippen LogP contribution is 2.39. The molecule has 32 heavy (non-hydrogen) atoms. The minimum absolute atomic E-state index is 0.0682. The van der Waals surface area contributed by atoms with Gasteiger partial charge >= 0.3 is 0 Å². The zero-order chi connectivity index (χ0) is 22.9. The third-order valence-electron chi connectivity index (χ3n) is 5.46. The Bertz CT molecular complexity index is 1380. The first-order chi connectivity index (χ1) is 15.3. The maximum Gasteiger partial charge on any atom is 0.266 e. The summed E-state index contributed by atoms with van der Waals surface area (Å²) in [5, 5.41) is 9.08. The minimum atomic E-state index is -3.71. The predicted molar refractivity (Wildman–Crippen MR) is 120 cm³/mol. The molecule has 1 aliphatic heterocycles. The lowest BCUT2D eigenvalue weighted by molar-refractivity contribution is -0.129. The van der Waals surface area contributed by atoms with E-state index in [-0.39, 0.29) is 28.1 Å². The van der Waals surface area contributed by atoms with Crippen LogP contribution >= 0.6 is 0 Å². The highest BCUT2D eigenvalue weighted by molar-refractivity contribution is 7.90. The summed E-state index contributed by atoms with van der Waals surface area (Å²) in [7, 11) is -2.15. The fraction of sp³-hybridized carbons (Fsp3) is 0.125. The summed E-state index contributed by atoms with van der Waals surface area (Å²) in [6, 6.07) is 23.7. The lowest BCUT2D eigenvalue weighted by atomic mass is 9.82. The Hall–Kier alpha value is -3.96. The molecule has 0 fully saturated rings. The van der Waals surface area contributed by atoms with Crippen molar-refractivity contribution in [2.75, 3.05) is 7.05 Å². The number of amides is 1. The Kier molecular flexibility index (Phi) is 5.28. The lowest BCUT2D eigenvalue weighted by Crippen LogP contribution is -2.41. The molecule has 1 heterocycles. The number of likely N-dealkylation sites (N-methyl/N-ethyl adjacent to an activating group) is 1. The molecule has 2 N–H and O–H groups in total. The number of sulfone groups is 1. The van der Waals surface area contributed by atoms with E-state index in [1.54, 1.807) is 49.5 Å². The first-order valence-corrected chi connectivity index (χ1v) is 11.4. The molecule has 0 spiro atoms. The number of guanidine groups is 1. The number of nitrogens with zero attached hydrogens (tertiary/aromatic N) is 3. The Morgan fingerprint density at radius 2 is 1.69 bits per heavy atom. The van der Waals surface area contributed by atoms with Crippen molar-refractivity contribution in [3.8, 4) is 6.07 Å². The van der Waals surface area contributed by atoms with E-state index in [2.05, 4.69) is 4.99 Å². The summed E-state index contributed by atoms with van der Waals surface area (Å²) >= 11 is 0. The fourth-order valence-electron chi connectivity index (χ4n) is 3.81. The first kappa shape index (κ1) is 21.3. The molecule has 1 atom stereocenters. The van der Waals surface area contributed by atoms with Crippen LogP contribution in [0.4, 0.5) is 0 Å².